The van der Waals surface area contributed by atoms with Crippen LogP contribution in [0, 0.1) is 5.92 Å². The second-order valence-corrected chi connectivity index (χ2v) is 5.34. The normalized spacial score (nSPS) is 20.6. The van der Waals surface area contributed by atoms with Crippen molar-refractivity contribution in [3.8, 4) is 0 Å². The number of benzene rings is 1. The van der Waals surface area contributed by atoms with Gasteiger partial charge < -0.3 is 14.7 Å². The predicted molar refractivity (Wildman–Crippen MR) is 77.2 cm³/mol. The number of nitrogens with zero attached hydrogens (tertiary/aromatic N) is 1. The predicted octanol–water partition coefficient (Wildman–Crippen LogP) is 1.95. The highest BCUT2D eigenvalue weighted by Gasteiger charge is 2.18. The molecule has 0 aromatic heterocycles. The maximum Gasteiger partial charge on any atom is 0.0593 e. The minimum Gasteiger partial charge on any atom is -0.396 e. The van der Waals surface area contributed by atoms with Crippen molar-refractivity contribution in [3.63, 3.8) is 0 Å². The third-order valence-electron chi connectivity index (χ3n) is 3.79. The van der Waals surface area contributed by atoms with Crippen LogP contribution in [-0.4, -0.2) is 49.5 Å². The molecule has 19 heavy (non-hydrogen) atoms. The number of hydrogen-bond donors (Lipinski definition) is 1. The van der Waals surface area contributed by atoms with Crippen molar-refractivity contribution in [3.05, 3.63) is 35.9 Å². The van der Waals surface area contributed by atoms with E-state index in [1.807, 2.05) is 6.07 Å². The van der Waals surface area contributed by atoms with Gasteiger partial charge in [0.15, 0.2) is 0 Å². The molecule has 3 nitrogen and oxygen atoms in total. The van der Waals surface area contributed by atoms with Crippen LogP contribution in [0.25, 0.3) is 0 Å². The summed E-state index contributed by atoms with van der Waals surface area (Å²) in [6, 6.07) is 10.5. The Balaban J connectivity index is 1.54. The lowest BCUT2D eigenvalue weighted by Crippen LogP contribution is -2.38. The molecule has 0 aliphatic carbocycles. The zero-order chi connectivity index (χ0) is 13.3. The number of rotatable bonds is 7. The van der Waals surface area contributed by atoms with E-state index in [4.69, 9.17) is 4.74 Å². The Bertz CT molecular complexity index is 342. The fraction of sp³-hybridized carbons (Fsp3) is 0.625. The zero-order valence-corrected chi connectivity index (χ0v) is 11.6. The number of aliphatic hydroxyl groups is 1. The highest BCUT2D eigenvalue weighted by atomic mass is 16.5. The molecule has 1 aromatic carbocycles. The molecule has 0 bridgehead atoms. The Hall–Kier alpha value is -0.900. The Morgan fingerprint density at radius 1 is 1.21 bits per heavy atom. The van der Waals surface area contributed by atoms with Gasteiger partial charge in [-0.3, -0.25) is 0 Å². The van der Waals surface area contributed by atoms with Crippen LogP contribution in [0.15, 0.2) is 30.3 Å². The standard InChI is InChI=1S/C16H25NO2/c18-14-16-7-4-9-17(13-16)10-12-19-11-8-15-5-2-1-3-6-15/h1-3,5-6,16,18H,4,7-14H2/t16-/m1/s1. The number of aliphatic hydroxyl groups excluding tert-OH is 1. The summed E-state index contributed by atoms with van der Waals surface area (Å²) in [5, 5.41) is 9.19. The van der Waals surface area contributed by atoms with Crippen LogP contribution >= 0.6 is 0 Å². The number of hydrogen-bond acceptors (Lipinski definition) is 3. The molecule has 0 spiro atoms. The SMILES string of the molecule is OC[C@@H]1CCCN(CCOCCc2ccccc2)C1. The molecule has 0 saturated carbocycles. The van der Waals surface area contributed by atoms with Gasteiger partial charge in [-0.15, -0.1) is 0 Å². The second kappa shape index (κ2) is 8.31. The summed E-state index contributed by atoms with van der Waals surface area (Å²) in [5.41, 5.74) is 1.33. The number of piperidine rings is 1. The van der Waals surface area contributed by atoms with Gasteiger partial charge in [-0.2, -0.15) is 0 Å². The summed E-state index contributed by atoms with van der Waals surface area (Å²) >= 11 is 0. The van der Waals surface area contributed by atoms with E-state index in [0.29, 0.717) is 12.5 Å². The summed E-state index contributed by atoms with van der Waals surface area (Å²) in [6.45, 7) is 5.08. The van der Waals surface area contributed by atoms with E-state index < -0.39 is 0 Å². The lowest BCUT2D eigenvalue weighted by atomic mass is 9.99. The average molecular weight is 263 g/mol. The molecule has 106 valence electrons. The van der Waals surface area contributed by atoms with Crippen molar-refractivity contribution in [1.29, 1.82) is 0 Å². The fourth-order valence-corrected chi connectivity index (χ4v) is 2.63. The van der Waals surface area contributed by atoms with Crippen LogP contribution in [0.1, 0.15) is 18.4 Å². The van der Waals surface area contributed by atoms with Crippen LogP contribution in [0.5, 0.6) is 0 Å². The number of ether oxygens (including phenoxy) is 1. The topological polar surface area (TPSA) is 32.7 Å². The van der Waals surface area contributed by atoms with Gasteiger partial charge in [-0.25, -0.2) is 0 Å². The lowest BCUT2D eigenvalue weighted by Gasteiger charge is -2.31. The van der Waals surface area contributed by atoms with E-state index in [-0.39, 0.29) is 0 Å². The first-order valence-electron chi connectivity index (χ1n) is 7.33. The average Bonchev–Trinajstić information content (AvgIpc) is 2.48. The molecule has 1 heterocycles. The first-order chi connectivity index (χ1) is 9.38. The van der Waals surface area contributed by atoms with Crippen molar-refractivity contribution < 1.29 is 9.84 Å². The molecule has 1 aromatic rings. The third-order valence-corrected chi connectivity index (χ3v) is 3.79. The maximum atomic E-state index is 9.19. The van der Waals surface area contributed by atoms with Gasteiger partial charge in [0.05, 0.1) is 13.2 Å². The highest BCUT2D eigenvalue weighted by molar-refractivity contribution is 5.14. The Labute approximate surface area is 116 Å². The van der Waals surface area contributed by atoms with Crippen LogP contribution in [0.2, 0.25) is 0 Å². The molecular formula is C16H25NO2. The van der Waals surface area contributed by atoms with Gasteiger partial charge in [-0.05, 0) is 37.3 Å². The van der Waals surface area contributed by atoms with Crippen LogP contribution in [-0.2, 0) is 11.2 Å². The molecule has 0 radical (unpaired) electrons. The van der Waals surface area contributed by atoms with E-state index in [9.17, 15) is 5.11 Å². The van der Waals surface area contributed by atoms with E-state index in [1.165, 1.54) is 18.4 Å². The highest BCUT2D eigenvalue weighted by Crippen LogP contribution is 2.15. The smallest absolute Gasteiger partial charge is 0.0593 e. The van der Waals surface area contributed by atoms with Crippen LogP contribution < -0.4 is 0 Å². The van der Waals surface area contributed by atoms with Gasteiger partial charge in [0, 0.05) is 19.7 Å². The first-order valence-corrected chi connectivity index (χ1v) is 7.33. The van der Waals surface area contributed by atoms with Crippen LogP contribution in [0.4, 0.5) is 0 Å². The van der Waals surface area contributed by atoms with Gasteiger partial charge in [0.2, 0.25) is 0 Å². The van der Waals surface area contributed by atoms with Crippen molar-refractivity contribution in [1.82, 2.24) is 4.90 Å². The molecule has 0 amide bonds. The molecule has 1 aliphatic heterocycles. The minimum absolute atomic E-state index is 0.325. The van der Waals surface area contributed by atoms with Gasteiger partial charge >= 0.3 is 0 Å². The first kappa shape index (κ1) is 14.5. The van der Waals surface area contributed by atoms with E-state index >= 15 is 0 Å². The molecular weight excluding hydrogens is 238 g/mol. The lowest BCUT2D eigenvalue weighted by molar-refractivity contribution is 0.0727. The van der Waals surface area contributed by atoms with Crippen LogP contribution in [0.3, 0.4) is 0 Å². The monoisotopic (exact) mass is 263 g/mol. The largest absolute Gasteiger partial charge is 0.396 e. The van der Waals surface area contributed by atoms with Gasteiger partial charge in [0.25, 0.3) is 0 Å². The fourth-order valence-electron chi connectivity index (χ4n) is 2.63. The summed E-state index contributed by atoms with van der Waals surface area (Å²) in [4.78, 5) is 2.41. The van der Waals surface area contributed by atoms with Crippen molar-refractivity contribution in [2.75, 3.05) is 39.5 Å². The van der Waals surface area contributed by atoms with E-state index in [2.05, 4.69) is 29.2 Å². The molecule has 0 unspecified atom stereocenters. The van der Waals surface area contributed by atoms with E-state index in [0.717, 1.165) is 39.3 Å². The zero-order valence-electron chi connectivity index (χ0n) is 11.6. The molecule has 1 aliphatic rings. The van der Waals surface area contributed by atoms with Gasteiger partial charge in [0.1, 0.15) is 0 Å². The maximum absolute atomic E-state index is 9.19. The molecule has 1 fully saturated rings. The van der Waals surface area contributed by atoms with Crippen molar-refractivity contribution >= 4 is 0 Å². The molecule has 1 N–H and O–H groups in total. The third kappa shape index (κ3) is 5.31. The molecule has 1 atom stereocenters. The summed E-state index contributed by atoms with van der Waals surface area (Å²) in [5.74, 6) is 0.470. The molecule has 2 rings (SSSR count). The minimum atomic E-state index is 0.325. The number of likely N-dealkylation sites (tertiary alicyclic amines) is 1. The Morgan fingerprint density at radius 2 is 2.05 bits per heavy atom. The quantitative estimate of drug-likeness (QED) is 0.763. The second-order valence-electron chi connectivity index (χ2n) is 5.34. The molecule has 1 saturated heterocycles. The molecule has 3 heteroatoms. The van der Waals surface area contributed by atoms with Crippen molar-refractivity contribution in [2.24, 2.45) is 5.92 Å². The Kier molecular flexibility index (Phi) is 6.34. The van der Waals surface area contributed by atoms with E-state index in [1.54, 1.807) is 0 Å². The summed E-state index contributed by atoms with van der Waals surface area (Å²) < 4.78 is 5.71. The Morgan fingerprint density at radius 3 is 2.84 bits per heavy atom. The summed E-state index contributed by atoms with van der Waals surface area (Å²) in [6.07, 6.45) is 3.36. The van der Waals surface area contributed by atoms with Crippen molar-refractivity contribution in [2.45, 2.75) is 19.3 Å². The summed E-state index contributed by atoms with van der Waals surface area (Å²) in [7, 11) is 0. The van der Waals surface area contributed by atoms with Gasteiger partial charge in [-0.1, -0.05) is 30.3 Å².